The number of H-pyrrole nitrogens is 1. The SMILES string of the molecule is CCCCOc1ccc(C(=O)CSc2nc3ccccc3[nH]2)cc1. The third-order valence-corrected chi connectivity index (χ3v) is 4.52. The van der Waals surface area contributed by atoms with Crippen molar-refractivity contribution in [2.45, 2.75) is 24.9 Å². The van der Waals surface area contributed by atoms with Crippen LogP contribution in [0.1, 0.15) is 30.1 Å². The summed E-state index contributed by atoms with van der Waals surface area (Å²) >= 11 is 1.42. The minimum Gasteiger partial charge on any atom is -0.494 e. The Bertz CT molecular complexity index is 779. The van der Waals surface area contributed by atoms with Crippen LogP contribution in [-0.4, -0.2) is 28.1 Å². The van der Waals surface area contributed by atoms with Crippen LogP contribution in [0.5, 0.6) is 5.75 Å². The zero-order chi connectivity index (χ0) is 16.8. The van der Waals surface area contributed by atoms with Crippen LogP contribution >= 0.6 is 11.8 Å². The number of rotatable bonds is 8. The fraction of sp³-hybridized carbons (Fsp3) is 0.263. The van der Waals surface area contributed by atoms with E-state index in [1.54, 1.807) is 0 Å². The summed E-state index contributed by atoms with van der Waals surface area (Å²) in [4.78, 5) is 20.0. The Labute approximate surface area is 145 Å². The summed E-state index contributed by atoms with van der Waals surface area (Å²) in [7, 11) is 0. The first-order chi connectivity index (χ1) is 11.8. The Kier molecular flexibility index (Phi) is 5.54. The molecule has 0 saturated carbocycles. The number of ketones is 1. The zero-order valence-electron chi connectivity index (χ0n) is 13.6. The van der Waals surface area contributed by atoms with Gasteiger partial charge in [-0.05, 0) is 42.8 Å². The molecular formula is C19H20N2O2S. The number of hydrogen-bond donors (Lipinski definition) is 1. The summed E-state index contributed by atoms with van der Waals surface area (Å²) in [6.07, 6.45) is 2.14. The maximum absolute atomic E-state index is 12.3. The number of unbranched alkanes of at least 4 members (excludes halogenated alkanes) is 1. The van der Waals surface area contributed by atoms with E-state index in [1.165, 1.54) is 11.8 Å². The molecule has 3 aromatic rings. The van der Waals surface area contributed by atoms with Gasteiger partial charge in [0.15, 0.2) is 10.9 Å². The second-order valence-corrected chi connectivity index (χ2v) is 6.46. The Balaban J connectivity index is 1.56. The lowest BCUT2D eigenvalue weighted by molar-refractivity contribution is 0.102. The van der Waals surface area contributed by atoms with Crippen LogP contribution in [0.4, 0.5) is 0 Å². The Morgan fingerprint density at radius 2 is 1.96 bits per heavy atom. The first-order valence-electron chi connectivity index (χ1n) is 8.10. The molecule has 0 amide bonds. The molecule has 2 aromatic carbocycles. The van der Waals surface area contributed by atoms with Crippen LogP contribution in [0.15, 0.2) is 53.7 Å². The molecule has 1 aromatic heterocycles. The third kappa shape index (κ3) is 4.17. The second-order valence-electron chi connectivity index (χ2n) is 5.50. The van der Waals surface area contributed by atoms with Gasteiger partial charge in [-0.1, -0.05) is 37.2 Å². The summed E-state index contributed by atoms with van der Waals surface area (Å²) < 4.78 is 5.61. The first kappa shape index (κ1) is 16.6. The van der Waals surface area contributed by atoms with E-state index in [2.05, 4.69) is 16.9 Å². The van der Waals surface area contributed by atoms with Gasteiger partial charge in [-0.3, -0.25) is 4.79 Å². The van der Waals surface area contributed by atoms with Gasteiger partial charge in [0.2, 0.25) is 0 Å². The van der Waals surface area contributed by atoms with Crippen LogP contribution in [0.3, 0.4) is 0 Å². The average Bonchev–Trinajstić information content (AvgIpc) is 3.03. The lowest BCUT2D eigenvalue weighted by Crippen LogP contribution is -2.03. The van der Waals surface area contributed by atoms with Crippen molar-refractivity contribution in [3.05, 3.63) is 54.1 Å². The molecule has 0 unspecified atom stereocenters. The van der Waals surface area contributed by atoms with E-state index in [4.69, 9.17) is 4.74 Å². The molecule has 24 heavy (non-hydrogen) atoms. The predicted molar refractivity (Wildman–Crippen MR) is 98.0 cm³/mol. The monoisotopic (exact) mass is 340 g/mol. The summed E-state index contributed by atoms with van der Waals surface area (Å²) in [5.74, 6) is 1.25. The van der Waals surface area contributed by atoms with Gasteiger partial charge in [-0.2, -0.15) is 0 Å². The molecule has 0 aliphatic rings. The number of para-hydroxylation sites is 2. The summed E-state index contributed by atoms with van der Waals surface area (Å²) in [5.41, 5.74) is 2.60. The number of Topliss-reactive ketones (excluding diaryl/α,β-unsaturated/α-hetero) is 1. The number of hydrogen-bond acceptors (Lipinski definition) is 4. The third-order valence-electron chi connectivity index (χ3n) is 3.65. The van der Waals surface area contributed by atoms with Crippen LogP contribution in [0.2, 0.25) is 0 Å². The van der Waals surface area contributed by atoms with Crippen molar-refractivity contribution in [3.8, 4) is 5.75 Å². The molecule has 0 aliphatic carbocycles. The minimum atomic E-state index is 0.0839. The van der Waals surface area contributed by atoms with Crippen LogP contribution in [0, 0.1) is 0 Å². The van der Waals surface area contributed by atoms with Crippen molar-refractivity contribution in [1.29, 1.82) is 0 Å². The molecule has 3 rings (SSSR count). The molecule has 1 heterocycles. The van der Waals surface area contributed by atoms with Gasteiger partial charge < -0.3 is 9.72 Å². The number of carbonyl (C=O) groups is 1. The van der Waals surface area contributed by atoms with E-state index < -0.39 is 0 Å². The number of carbonyl (C=O) groups excluding carboxylic acids is 1. The maximum atomic E-state index is 12.3. The number of benzene rings is 2. The van der Waals surface area contributed by atoms with Gasteiger partial charge in [0, 0.05) is 5.56 Å². The first-order valence-corrected chi connectivity index (χ1v) is 9.08. The number of fused-ring (bicyclic) bond motifs is 1. The number of aromatic nitrogens is 2. The van der Waals surface area contributed by atoms with Gasteiger partial charge >= 0.3 is 0 Å². The lowest BCUT2D eigenvalue weighted by Gasteiger charge is -2.06. The van der Waals surface area contributed by atoms with Crippen molar-refractivity contribution < 1.29 is 9.53 Å². The van der Waals surface area contributed by atoms with Crippen molar-refractivity contribution in [2.24, 2.45) is 0 Å². The van der Waals surface area contributed by atoms with Gasteiger partial charge in [0.05, 0.1) is 23.4 Å². The molecule has 5 heteroatoms. The van der Waals surface area contributed by atoms with Crippen molar-refractivity contribution in [2.75, 3.05) is 12.4 Å². The highest BCUT2D eigenvalue weighted by Crippen LogP contribution is 2.21. The summed E-state index contributed by atoms with van der Waals surface area (Å²) in [5, 5.41) is 0.768. The van der Waals surface area contributed by atoms with Crippen LogP contribution in [-0.2, 0) is 0 Å². The molecule has 4 nitrogen and oxygen atoms in total. The smallest absolute Gasteiger partial charge is 0.173 e. The molecule has 0 radical (unpaired) electrons. The number of thioether (sulfide) groups is 1. The van der Waals surface area contributed by atoms with Crippen molar-refractivity contribution in [3.63, 3.8) is 0 Å². The molecule has 1 N–H and O–H groups in total. The fourth-order valence-corrected chi connectivity index (χ4v) is 3.07. The molecule has 0 bridgehead atoms. The molecule has 0 fully saturated rings. The largest absolute Gasteiger partial charge is 0.494 e. The number of nitrogens with zero attached hydrogens (tertiary/aromatic N) is 1. The molecule has 0 saturated heterocycles. The molecule has 0 atom stereocenters. The Hall–Kier alpha value is -2.27. The highest BCUT2D eigenvalue weighted by molar-refractivity contribution is 7.99. The number of nitrogens with one attached hydrogen (secondary N) is 1. The highest BCUT2D eigenvalue weighted by atomic mass is 32.2. The standard InChI is InChI=1S/C19H20N2O2S/c1-2-3-12-23-15-10-8-14(9-11-15)18(22)13-24-19-20-16-6-4-5-7-17(16)21-19/h4-11H,2-3,12-13H2,1H3,(H,20,21). The molecule has 124 valence electrons. The second kappa shape index (κ2) is 8.02. The number of ether oxygens (including phenoxy) is 1. The minimum absolute atomic E-state index is 0.0839. The molecule has 0 aliphatic heterocycles. The van der Waals surface area contributed by atoms with E-state index in [0.29, 0.717) is 17.9 Å². The summed E-state index contributed by atoms with van der Waals surface area (Å²) in [6.45, 7) is 2.84. The van der Waals surface area contributed by atoms with Gasteiger partial charge in [0.25, 0.3) is 0 Å². The maximum Gasteiger partial charge on any atom is 0.173 e. The lowest BCUT2D eigenvalue weighted by atomic mass is 10.1. The van der Waals surface area contributed by atoms with Crippen molar-refractivity contribution >= 4 is 28.6 Å². The van der Waals surface area contributed by atoms with E-state index in [9.17, 15) is 4.79 Å². The summed E-state index contributed by atoms with van der Waals surface area (Å²) in [6, 6.07) is 15.2. The quantitative estimate of drug-likeness (QED) is 0.366. The van der Waals surface area contributed by atoms with E-state index in [1.807, 2.05) is 48.5 Å². The Morgan fingerprint density at radius 3 is 2.71 bits per heavy atom. The van der Waals surface area contributed by atoms with Gasteiger partial charge in [0.1, 0.15) is 5.75 Å². The number of aromatic amines is 1. The fourth-order valence-electron chi connectivity index (χ4n) is 2.29. The van der Waals surface area contributed by atoms with Crippen molar-refractivity contribution in [1.82, 2.24) is 9.97 Å². The number of imidazole rings is 1. The normalized spacial score (nSPS) is 10.9. The van der Waals surface area contributed by atoms with E-state index >= 15 is 0 Å². The molecule has 0 spiro atoms. The highest BCUT2D eigenvalue weighted by Gasteiger charge is 2.09. The predicted octanol–water partition coefficient (Wildman–Crippen LogP) is 4.72. The van der Waals surface area contributed by atoms with E-state index in [-0.39, 0.29) is 5.78 Å². The zero-order valence-corrected chi connectivity index (χ0v) is 14.4. The van der Waals surface area contributed by atoms with Gasteiger partial charge in [-0.25, -0.2) is 4.98 Å². The van der Waals surface area contributed by atoms with E-state index in [0.717, 1.165) is 34.8 Å². The topological polar surface area (TPSA) is 55.0 Å². The van der Waals surface area contributed by atoms with Crippen LogP contribution < -0.4 is 4.74 Å². The molecular weight excluding hydrogens is 320 g/mol. The van der Waals surface area contributed by atoms with Gasteiger partial charge in [-0.15, -0.1) is 0 Å². The Morgan fingerprint density at radius 1 is 1.17 bits per heavy atom. The average molecular weight is 340 g/mol. The van der Waals surface area contributed by atoms with Crippen LogP contribution in [0.25, 0.3) is 11.0 Å².